The minimum atomic E-state index is -0.0353. The van der Waals surface area contributed by atoms with Crippen molar-refractivity contribution in [3.05, 3.63) is 88.2 Å². The monoisotopic (exact) mass is 470 g/mol. The van der Waals surface area contributed by atoms with Crippen molar-refractivity contribution in [2.45, 2.75) is 52.5 Å². The number of methoxy groups -OCH3 is 1. The van der Waals surface area contributed by atoms with Crippen LogP contribution in [-0.2, 0) is 6.54 Å². The molecular weight excluding hydrogens is 436 g/mol. The van der Waals surface area contributed by atoms with Crippen molar-refractivity contribution in [1.82, 2.24) is 9.55 Å². The lowest BCUT2D eigenvalue weighted by Crippen LogP contribution is -2.24. The van der Waals surface area contributed by atoms with E-state index in [0.717, 1.165) is 17.1 Å². The molecule has 1 aromatic heterocycles. The van der Waals surface area contributed by atoms with Crippen LogP contribution in [0.4, 0.5) is 0 Å². The van der Waals surface area contributed by atoms with Crippen molar-refractivity contribution in [3.8, 4) is 22.9 Å². The Bertz CT molecular complexity index is 1330. The van der Waals surface area contributed by atoms with Crippen LogP contribution in [-0.4, -0.2) is 23.3 Å². The molecule has 4 rings (SSSR count). The lowest BCUT2D eigenvalue weighted by atomic mass is 9.94. The standard InChI is InChI=1S/C30H34N2O3/c1-20(2)24-11-8-12-25(21(3)4)28(24)35-19-9-18-32-29(22-14-16-23(34-5)17-15-22)31-27-13-7-6-10-26(27)30(32)33/h6-8,10-17,20-21H,9,18-19H2,1-5H3. The minimum absolute atomic E-state index is 0.0353. The average Bonchev–Trinajstić information content (AvgIpc) is 2.87. The molecule has 3 aromatic carbocycles. The Hall–Kier alpha value is -3.60. The van der Waals surface area contributed by atoms with Gasteiger partial charge in [-0.3, -0.25) is 9.36 Å². The fraction of sp³-hybridized carbons (Fsp3) is 0.333. The summed E-state index contributed by atoms with van der Waals surface area (Å²) in [7, 11) is 1.64. The maximum absolute atomic E-state index is 13.5. The Kier molecular flexibility index (Phi) is 7.54. The molecule has 0 spiro atoms. The first-order valence-electron chi connectivity index (χ1n) is 12.3. The summed E-state index contributed by atoms with van der Waals surface area (Å²) in [5, 5.41) is 0.623. The summed E-state index contributed by atoms with van der Waals surface area (Å²) in [6.07, 6.45) is 0.688. The smallest absolute Gasteiger partial charge is 0.261 e. The minimum Gasteiger partial charge on any atom is -0.497 e. The van der Waals surface area contributed by atoms with Crippen LogP contribution in [0.2, 0.25) is 0 Å². The van der Waals surface area contributed by atoms with Gasteiger partial charge in [-0.15, -0.1) is 0 Å². The maximum Gasteiger partial charge on any atom is 0.261 e. The summed E-state index contributed by atoms with van der Waals surface area (Å²) in [5.41, 5.74) is 3.98. The van der Waals surface area contributed by atoms with E-state index in [1.54, 1.807) is 11.7 Å². The normalized spacial score (nSPS) is 11.4. The van der Waals surface area contributed by atoms with Crippen LogP contribution < -0.4 is 15.0 Å². The summed E-state index contributed by atoms with van der Waals surface area (Å²) in [5.74, 6) is 3.15. The van der Waals surface area contributed by atoms with Gasteiger partial charge in [0.25, 0.3) is 5.56 Å². The molecule has 0 N–H and O–H groups in total. The van der Waals surface area contributed by atoms with Crippen LogP contribution in [0.15, 0.2) is 71.5 Å². The topological polar surface area (TPSA) is 53.3 Å². The molecule has 5 nitrogen and oxygen atoms in total. The van der Waals surface area contributed by atoms with Gasteiger partial charge in [-0.2, -0.15) is 0 Å². The van der Waals surface area contributed by atoms with Crippen molar-refractivity contribution in [1.29, 1.82) is 0 Å². The zero-order chi connectivity index (χ0) is 24.9. The van der Waals surface area contributed by atoms with Crippen molar-refractivity contribution in [2.75, 3.05) is 13.7 Å². The molecule has 0 aliphatic carbocycles. The van der Waals surface area contributed by atoms with Gasteiger partial charge in [-0.25, -0.2) is 4.98 Å². The van der Waals surface area contributed by atoms with Gasteiger partial charge in [0.1, 0.15) is 17.3 Å². The van der Waals surface area contributed by atoms with Crippen LogP contribution >= 0.6 is 0 Å². The Morgan fingerprint density at radius 2 is 1.51 bits per heavy atom. The highest BCUT2D eigenvalue weighted by Crippen LogP contribution is 2.34. The molecule has 0 saturated heterocycles. The molecule has 35 heavy (non-hydrogen) atoms. The number of rotatable bonds is 9. The summed E-state index contributed by atoms with van der Waals surface area (Å²) in [6.45, 7) is 9.78. The molecule has 0 bridgehead atoms. The molecule has 0 unspecified atom stereocenters. The Morgan fingerprint density at radius 1 is 0.857 bits per heavy atom. The van der Waals surface area contributed by atoms with Gasteiger partial charge in [-0.1, -0.05) is 58.0 Å². The van der Waals surface area contributed by atoms with Gasteiger partial charge < -0.3 is 9.47 Å². The SMILES string of the molecule is COc1ccc(-c2nc3ccccc3c(=O)n2CCCOc2c(C(C)C)cccc2C(C)C)cc1. The lowest BCUT2D eigenvalue weighted by molar-refractivity contribution is 0.293. The predicted octanol–water partition coefficient (Wildman–Crippen LogP) is 6.79. The summed E-state index contributed by atoms with van der Waals surface area (Å²) < 4.78 is 13.4. The van der Waals surface area contributed by atoms with Gasteiger partial charge >= 0.3 is 0 Å². The van der Waals surface area contributed by atoms with Crippen molar-refractivity contribution in [2.24, 2.45) is 0 Å². The average molecular weight is 471 g/mol. The molecule has 4 aromatic rings. The predicted molar refractivity (Wildman–Crippen MR) is 143 cm³/mol. The maximum atomic E-state index is 13.5. The third-order valence-corrected chi connectivity index (χ3v) is 6.30. The fourth-order valence-electron chi connectivity index (χ4n) is 4.38. The number of aromatic nitrogens is 2. The summed E-state index contributed by atoms with van der Waals surface area (Å²) in [6, 6.07) is 21.6. The largest absolute Gasteiger partial charge is 0.497 e. The van der Waals surface area contributed by atoms with E-state index >= 15 is 0 Å². The van der Waals surface area contributed by atoms with Crippen molar-refractivity contribution < 1.29 is 9.47 Å². The Balaban J connectivity index is 1.63. The molecule has 182 valence electrons. The number of hydrogen-bond donors (Lipinski definition) is 0. The molecular formula is C30H34N2O3. The molecule has 0 radical (unpaired) electrons. The molecule has 0 atom stereocenters. The number of nitrogens with zero attached hydrogens (tertiary/aromatic N) is 2. The number of fused-ring (bicyclic) bond motifs is 1. The Labute approximate surface area is 207 Å². The van der Waals surface area contributed by atoms with E-state index in [1.807, 2.05) is 48.5 Å². The zero-order valence-electron chi connectivity index (χ0n) is 21.2. The van der Waals surface area contributed by atoms with Gasteiger partial charge in [0, 0.05) is 12.1 Å². The quantitative estimate of drug-likeness (QED) is 0.253. The number of ether oxygens (including phenoxy) is 2. The highest BCUT2D eigenvalue weighted by Gasteiger charge is 2.16. The first-order chi connectivity index (χ1) is 16.9. The second kappa shape index (κ2) is 10.8. The molecule has 5 heteroatoms. The lowest BCUT2D eigenvalue weighted by Gasteiger charge is -2.20. The van der Waals surface area contributed by atoms with E-state index in [-0.39, 0.29) is 5.56 Å². The summed E-state index contributed by atoms with van der Waals surface area (Å²) >= 11 is 0. The van der Waals surface area contributed by atoms with Crippen molar-refractivity contribution >= 4 is 10.9 Å². The van der Waals surface area contributed by atoms with Crippen LogP contribution in [0.1, 0.15) is 57.1 Å². The van der Waals surface area contributed by atoms with E-state index in [2.05, 4.69) is 45.9 Å². The Morgan fingerprint density at radius 3 is 2.14 bits per heavy atom. The van der Waals surface area contributed by atoms with Crippen LogP contribution in [0, 0.1) is 0 Å². The second-order valence-corrected chi connectivity index (χ2v) is 9.41. The van der Waals surface area contributed by atoms with E-state index in [1.165, 1.54) is 11.1 Å². The molecule has 0 fully saturated rings. The first kappa shape index (κ1) is 24.5. The first-order valence-corrected chi connectivity index (χ1v) is 12.3. The molecule has 0 aliphatic heterocycles. The van der Waals surface area contributed by atoms with Gasteiger partial charge in [0.15, 0.2) is 0 Å². The van der Waals surface area contributed by atoms with Crippen LogP contribution in [0.25, 0.3) is 22.3 Å². The molecule has 1 heterocycles. The van der Waals surface area contributed by atoms with E-state index in [9.17, 15) is 4.79 Å². The zero-order valence-corrected chi connectivity index (χ0v) is 21.2. The second-order valence-electron chi connectivity index (χ2n) is 9.41. The van der Waals surface area contributed by atoms with Crippen LogP contribution in [0.5, 0.6) is 11.5 Å². The van der Waals surface area contributed by atoms with E-state index in [4.69, 9.17) is 14.5 Å². The van der Waals surface area contributed by atoms with Crippen LogP contribution in [0.3, 0.4) is 0 Å². The van der Waals surface area contributed by atoms with Gasteiger partial charge in [-0.05, 0) is 65.8 Å². The fourth-order valence-corrected chi connectivity index (χ4v) is 4.38. The molecule has 0 amide bonds. The third-order valence-electron chi connectivity index (χ3n) is 6.30. The number of para-hydroxylation sites is 2. The van der Waals surface area contributed by atoms with Crippen molar-refractivity contribution in [3.63, 3.8) is 0 Å². The third kappa shape index (κ3) is 5.24. The molecule has 0 saturated carbocycles. The summed E-state index contributed by atoms with van der Waals surface area (Å²) in [4.78, 5) is 18.3. The van der Waals surface area contributed by atoms with Gasteiger partial charge in [0.05, 0.1) is 24.6 Å². The number of hydrogen-bond acceptors (Lipinski definition) is 4. The van der Waals surface area contributed by atoms with E-state index < -0.39 is 0 Å². The van der Waals surface area contributed by atoms with Gasteiger partial charge in [0.2, 0.25) is 0 Å². The van der Waals surface area contributed by atoms with E-state index in [0.29, 0.717) is 48.1 Å². The highest BCUT2D eigenvalue weighted by atomic mass is 16.5. The molecule has 0 aliphatic rings. The number of benzene rings is 3. The highest BCUT2D eigenvalue weighted by molar-refractivity contribution is 5.79.